The van der Waals surface area contributed by atoms with E-state index in [0.29, 0.717) is 12.4 Å². The second-order valence-corrected chi connectivity index (χ2v) is 4.07. The molecule has 9 heteroatoms. The lowest BCUT2D eigenvalue weighted by molar-refractivity contribution is -0.384. The number of tetrazole rings is 1. The molecule has 20 heavy (non-hydrogen) atoms. The largest absolute Gasteiger partial charge is 0.481 e. The summed E-state index contributed by atoms with van der Waals surface area (Å²) in [6.07, 6.45) is 0.177. The highest BCUT2D eigenvalue weighted by molar-refractivity contribution is 5.66. The van der Waals surface area contributed by atoms with Crippen LogP contribution >= 0.6 is 0 Å². The molecule has 0 saturated carbocycles. The van der Waals surface area contributed by atoms with Gasteiger partial charge in [0, 0.05) is 18.6 Å². The van der Waals surface area contributed by atoms with Crippen molar-refractivity contribution in [2.75, 3.05) is 0 Å². The molecule has 0 saturated heterocycles. The van der Waals surface area contributed by atoms with Crippen molar-refractivity contribution in [1.29, 1.82) is 0 Å². The van der Waals surface area contributed by atoms with Crippen LogP contribution in [0, 0.1) is 10.1 Å². The molecule has 0 bridgehead atoms. The lowest BCUT2D eigenvalue weighted by atomic mass is 10.2. The van der Waals surface area contributed by atoms with Gasteiger partial charge in [0.1, 0.15) is 0 Å². The molecule has 0 unspecified atom stereocenters. The molecule has 9 nitrogen and oxygen atoms in total. The summed E-state index contributed by atoms with van der Waals surface area (Å²) < 4.78 is 1.48. The maximum absolute atomic E-state index is 10.5. The van der Waals surface area contributed by atoms with Gasteiger partial charge in [-0.1, -0.05) is 12.1 Å². The summed E-state index contributed by atoms with van der Waals surface area (Å²) in [6, 6.07) is 6.02. The third kappa shape index (κ3) is 3.34. The Hall–Kier alpha value is -2.84. The standard InChI is InChI=1S/C11H11N5O4/c17-11(18)6-5-10-12-13-14-15(10)7-8-1-3-9(4-2-8)16(19)20/h1-4H,5-7H2,(H,17,18). The van der Waals surface area contributed by atoms with Gasteiger partial charge in [0.25, 0.3) is 5.69 Å². The van der Waals surface area contributed by atoms with Crippen LogP contribution in [-0.4, -0.2) is 36.2 Å². The van der Waals surface area contributed by atoms with E-state index < -0.39 is 10.9 Å². The van der Waals surface area contributed by atoms with Crippen molar-refractivity contribution in [3.8, 4) is 0 Å². The zero-order chi connectivity index (χ0) is 14.5. The van der Waals surface area contributed by atoms with Gasteiger partial charge >= 0.3 is 5.97 Å². The van der Waals surface area contributed by atoms with Crippen molar-refractivity contribution < 1.29 is 14.8 Å². The molecule has 1 heterocycles. The molecule has 1 aromatic carbocycles. The molecular weight excluding hydrogens is 266 g/mol. The monoisotopic (exact) mass is 277 g/mol. The van der Waals surface area contributed by atoms with E-state index in [2.05, 4.69) is 15.5 Å². The minimum Gasteiger partial charge on any atom is -0.481 e. The van der Waals surface area contributed by atoms with Gasteiger partial charge in [0.05, 0.1) is 17.9 Å². The summed E-state index contributed by atoms with van der Waals surface area (Å²) in [4.78, 5) is 20.6. The Labute approximate surface area is 113 Å². The highest BCUT2D eigenvalue weighted by Crippen LogP contribution is 2.13. The van der Waals surface area contributed by atoms with Crippen LogP contribution in [0.5, 0.6) is 0 Å². The molecule has 104 valence electrons. The Kier molecular flexibility index (Phi) is 3.99. The van der Waals surface area contributed by atoms with Crippen molar-refractivity contribution in [1.82, 2.24) is 20.2 Å². The number of hydrogen-bond acceptors (Lipinski definition) is 6. The Morgan fingerprint density at radius 3 is 2.65 bits per heavy atom. The summed E-state index contributed by atoms with van der Waals surface area (Å²) in [6.45, 7) is 0.333. The fourth-order valence-corrected chi connectivity index (χ4v) is 1.64. The fraction of sp³-hybridized carbons (Fsp3) is 0.273. The molecular formula is C11H11N5O4. The van der Waals surface area contributed by atoms with Gasteiger partial charge in [-0.3, -0.25) is 14.9 Å². The first-order valence-corrected chi connectivity index (χ1v) is 5.76. The number of benzene rings is 1. The fourth-order valence-electron chi connectivity index (χ4n) is 1.64. The van der Waals surface area contributed by atoms with E-state index in [4.69, 9.17) is 5.11 Å². The molecule has 0 aliphatic heterocycles. The number of carboxylic acid groups (broad SMARTS) is 1. The van der Waals surface area contributed by atoms with Crippen LogP contribution < -0.4 is 0 Å². The topological polar surface area (TPSA) is 124 Å². The van der Waals surface area contributed by atoms with E-state index in [9.17, 15) is 14.9 Å². The predicted molar refractivity (Wildman–Crippen MR) is 66.0 cm³/mol. The highest BCUT2D eigenvalue weighted by Gasteiger charge is 2.10. The maximum atomic E-state index is 10.5. The van der Waals surface area contributed by atoms with E-state index in [1.54, 1.807) is 12.1 Å². The van der Waals surface area contributed by atoms with E-state index in [0.717, 1.165) is 5.56 Å². The SMILES string of the molecule is O=C(O)CCc1nnnn1Cc1ccc([N+](=O)[O-])cc1. The first-order chi connectivity index (χ1) is 9.56. The highest BCUT2D eigenvalue weighted by atomic mass is 16.6. The molecule has 0 atom stereocenters. The number of hydrogen-bond donors (Lipinski definition) is 1. The Morgan fingerprint density at radius 1 is 1.35 bits per heavy atom. The van der Waals surface area contributed by atoms with Gasteiger partial charge in [-0.05, 0) is 16.0 Å². The molecule has 0 aliphatic carbocycles. The normalized spacial score (nSPS) is 10.4. The number of carboxylic acids is 1. The molecule has 0 radical (unpaired) electrons. The molecule has 1 N–H and O–H groups in total. The maximum Gasteiger partial charge on any atom is 0.303 e. The summed E-state index contributed by atoms with van der Waals surface area (Å²) in [7, 11) is 0. The molecule has 0 amide bonds. The lowest BCUT2D eigenvalue weighted by Crippen LogP contribution is -2.09. The van der Waals surface area contributed by atoms with E-state index in [-0.39, 0.29) is 18.5 Å². The van der Waals surface area contributed by atoms with Gasteiger partial charge < -0.3 is 5.11 Å². The zero-order valence-corrected chi connectivity index (χ0v) is 10.3. The van der Waals surface area contributed by atoms with Crippen molar-refractivity contribution >= 4 is 11.7 Å². The summed E-state index contributed by atoms with van der Waals surface area (Å²) >= 11 is 0. The van der Waals surface area contributed by atoms with Crippen molar-refractivity contribution in [2.24, 2.45) is 0 Å². The lowest BCUT2D eigenvalue weighted by Gasteiger charge is -2.03. The van der Waals surface area contributed by atoms with Gasteiger partial charge in [0.2, 0.25) is 0 Å². The number of rotatable bonds is 6. The zero-order valence-electron chi connectivity index (χ0n) is 10.3. The second kappa shape index (κ2) is 5.87. The average Bonchev–Trinajstić information content (AvgIpc) is 2.84. The second-order valence-electron chi connectivity index (χ2n) is 4.07. The summed E-state index contributed by atoms with van der Waals surface area (Å²) in [5.41, 5.74) is 0.802. The summed E-state index contributed by atoms with van der Waals surface area (Å²) in [5, 5.41) is 30.2. The molecule has 1 aromatic heterocycles. The summed E-state index contributed by atoms with van der Waals surface area (Å²) in [5.74, 6) is -0.458. The third-order valence-corrected chi connectivity index (χ3v) is 2.65. The van der Waals surface area contributed by atoms with Crippen molar-refractivity contribution in [3.63, 3.8) is 0 Å². The first-order valence-electron chi connectivity index (χ1n) is 5.76. The number of nitro benzene ring substituents is 1. The van der Waals surface area contributed by atoms with Crippen LogP contribution in [0.2, 0.25) is 0 Å². The van der Waals surface area contributed by atoms with Crippen LogP contribution in [0.1, 0.15) is 17.8 Å². The smallest absolute Gasteiger partial charge is 0.303 e. The number of nitrogens with zero attached hydrogens (tertiary/aromatic N) is 5. The van der Waals surface area contributed by atoms with Crippen LogP contribution in [0.3, 0.4) is 0 Å². The van der Waals surface area contributed by atoms with Crippen molar-refractivity contribution in [3.05, 3.63) is 45.8 Å². The van der Waals surface area contributed by atoms with Crippen LogP contribution in [-0.2, 0) is 17.8 Å². The van der Waals surface area contributed by atoms with Crippen LogP contribution in [0.25, 0.3) is 0 Å². The Morgan fingerprint density at radius 2 is 2.05 bits per heavy atom. The van der Waals surface area contributed by atoms with Crippen molar-refractivity contribution in [2.45, 2.75) is 19.4 Å². The first kappa shape index (κ1) is 13.6. The molecule has 2 rings (SSSR count). The number of aromatic nitrogens is 4. The molecule has 0 fully saturated rings. The number of carbonyl (C=O) groups is 1. The van der Waals surface area contributed by atoms with E-state index >= 15 is 0 Å². The minimum absolute atomic E-state index is 0.0107. The number of aryl methyl sites for hydroxylation is 1. The molecule has 0 spiro atoms. The predicted octanol–water partition coefficient (Wildman–Crippen LogP) is 0.647. The third-order valence-electron chi connectivity index (χ3n) is 2.65. The van der Waals surface area contributed by atoms with Gasteiger partial charge in [-0.2, -0.15) is 0 Å². The van der Waals surface area contributed by atoms with E-state index in [1.807, 2.05) is 0 Å². The van der Waals surface area contributed by atoms with Gasteiger partial charge in [-0.25, -0.2) is 4.68 Å². The van der Waals surface area contributed by atoms with Crippen LogP contribution in [0.4, 0.5) is 5.69 Å². The number of nitro groups is 1. The molecule has 2 aromatic rings. The van der Waals surface area contributed by atoms with Gasteiger partial charge in [0.15, 0.2) is 5.82 Å². The quantitative estimate of drug-likeness (QED) is 0.607. The Bertz CT molecular complexity index is 622. The average molecular weight is 277 g/mol. The van der Waals surface area contributed by atoms with E-state index in [1.165, 1.54) is 16.8 Å². The van der Waals surface area contributed by atoms with Crippen LogP contribution in [0.15, 0.2) is 24.3 Å². The van der Waals surface area contributed by atoms with Gasteiger partial charge in [-0.15, -0.1) is 5.10 Å². The number of non-ortho nitro benzene ring substituents is 1. The Balaban J connectivity index is 2.08. The molecule has 0 aliphatic rings. The number of aliphatic carboxylic acids is 1. The minimum atomic E-state index is -0.921.